The number of hydrogen-bond donors (Lipinski definition) is 0. The van der Waals surface area contributed by atoms with E-state index in [-0.39, 0.29) is 0 Å². The van der Waals surface area contributed by atoms with E-state index in [1.165, 1.54) is 50.3 Å². The van der Waals surface area contributed by atoms with E-state index in [4.69, 9.17) is 0 Å². The first-order valence-corrected chi connectivity index (χ1v) is 12.3. The highest BCUT2D eigenvalue weighted by Crippen LogP contribution is 2.27. The molecular weight excluding hydrogens is 424 g/mol. The Morgan fingerprint density at radius 2 is 1.37 bits per heavy atom. The lowest BCUT2D eigenvalue weighted by Crippen LogP contribution is -2.37. The Hall–Kier alpha value is -4.04. The van der Waals surface area contributed by atoms with E-state index >= 15 is 0 Å². The summed E-state index contributed by atoms with van der Waals surface area (Å²) in [6.45, 7) is 5.28. The van der Waals surface area contributed by atoms with E-state index in [2.05, 4.69) is 146 Å². The third-order valence-corrected chi connectivity index (χ3v) is 6.77. The van der Waals surface area contributed by atoms with Gasteiger partial charge in [-0.15, -0.1) is 0 Å². The fraction of sp³-hybridized carbons (Fsp3) is 0.152. The molecule has 0 amide bonds. The second-order valence-corrected chi connectivity index (χ2v) is 9.28. The molecule has 3 aromatic carbocycles. The summed E-state index contributed by atoms with van der Waals surface area (Å²) in [5.74, 6) is 0. The standard InChI is InChI=1S/C33H32N2/c1-25-16-17-30(26(2)23-25)33-24-29(27-11-5-4-6-12-27)19-22-35(33)21-18-28-13-7-8-14-31(28)32-15-9-10-20-34(32)3/h4-17,19-20,22-24H,18,21H2,1-3H3/q+2. The normalized spacial score (nSPS) is 10.9. The van der Waals surface area contributed by atoms with Crippen LogP contribution in [0.5, 0.6) is 0 Å². The molecule has 0 aliphatic carbocycles. The van der Waals surface area contributed by atoms with Crippen LogP contribution in [0.3, 0.4) is 0 Å². The molecule has 2 nitrogen and oxygen atoms in total. The van der Waals surface area contributed by atoms with Crippen molar-refractivity contribution < 1.29 is 9.13 Å². The average molecular weight is 457 g/mol. The molecule has 0 N–H and O–H groups in total. The van der Waals surface area contributed by atoms with Crippen LogP contribution >= 0.6 is 0 Å². The van der Waals surface area contributed by atoms with Crippen LogP contribution in [0.25, 0.3) is 33.6 Å². The van der Waals surface area contributed by atoms with E-state index in [1.807, 2.05) is 0 Å². The van der Waals surface area contributed by atoms with Gasteiger partial charge in [0.15, 0.2) is 18.9 Å². The minimum atomic E-state index is 0.908. The van der Waals surface area contributed by atoms with E-state index in [0.29, 0.717) is 0 Å². The number of hydrogen-bond acceptors (Lipinski definition) is 0. The molecule has 0 atom stereocenters. The zero-order valence-electron chi connectivity index (χ0n) is 20.8. The summed E-state index contributed by atoms with van der Waals surface area (Å²) in [6, 6.07) is 37.2. The summed E-state index contributed by atoms with van der Waals surface area (Å²) in [4.78, 5) is 0. The lowest BCUT2D eigenvalue weighted by Gasteiger charge is -2.11. The molecule has 0 saturated carbocycles. The molecule has 172 valence electrons. The summed E-state index contributed by atoms with van der Waals surface area (Å²) in [6.07, 6.45) is 5.32. The molecule has 0 bridgehead atoms. The smallest absolute Gasteiger partial charge is 0.201 e. The highest BCUT2D eigenvalue weighted by molar-refractivity contribution is 5.70. The number of benzene rings is 3. The fourth-order valence-electron chi connectivity index (χ4n) is 4.90. The molecule has 0 unspecified atom stereocenters. The van der Waals surface area contributed by atoms with Gasteiger partial charge in [0.1, 0.15) is 7.05 Å². The molecular formula is C33H32N2+2. The Morgan fingerprint density at radius 1 is 0.600 bits per heavy atom. The van der Waals surface area contributed by atoms with Crippen molar-refractivity contribution >= 4 is 0 Å². The van der Waals surface area contributed by atoms with Gasteiger partial charge in [0.05, 0.1) is 0 Å². The minimum absolute atomic E-state index is 0.908. The van der Waals surface area contributed by atoms with Gasteiger partial charge in [-0.1, -0.05) is 66.2 Å². The van der Waals surface area contributed by atoms with E-state index in [9.17, 15) is 0 Å². The van der Waals surface area contributed by atoms with Crippen LogP contribution in [0.4, 0.5) is 0 Å². The maximum absolute atomic E-state index is 2.41. The monoisotopic (exact) mass is 456 g/mol. The van der Waals surface area contributed by atoms with Gasteiger partial charge >= 0.3 is 0 Å². The Kier molecular flexibility index (Phi) is 6.54. The SMILES string of the molecule is Cc1ccc(-c2cc(-c3ccccc3)cc[n+]2CCc2ccccc2-c2cccc[n+]2C)c(C)c1. The van der Waals surface area contributed by atoms with Gasteiger partial charge in [0.25, 0.3) is 0 Å². The van der Waals surface area contributed by atoms with Gasteiger partial charge in [-0.2, -0.15) is 4.57 Å². The fourth-order valence-corrected chi connectivity index (χ4v) is 4.90. The summed E-state index contributed by atoms with van der Waals surface area (Å²) in [5, 5.41) is 0. The van der Waals surface area contributed by atoms with Crippen LogP contribution < -0.4 is 9.13 Å². The second kappa shape index (κ2) is 10.1. The van der Waals surface area contributed by atoms with Crippen molar-refractivity contribution in [1.29, 1.82) is 0 Å². The highest BCUT2D eigenvalue weighted by Gasteiger charge is 2.19. The summed E-state index contributed by atoms with van der Waals surface area (Å²) >= 11 is 0. The van der Waals surface area contributed by atoms with Crippen LogP contribution in [0.2, 0.25) is 0 Å². The Labute approximate surface area is 208 Å². The van der Waals surface area contributed by atoms with Crippen LogP contribution in [-0.4, -0.2) is 0 Å². The molecule has 0 spiro atoms. The Morgan fingerprint density at radius 3 is 2.17 bits per heavy atom. The summed E-state index contributed by atoms with van der Waals surface area (Å²) in [7, 11) is 2.11. The van der Waals surface area contributed by atoms with Crippen molar-refractivity contribution in [3.63, 3.8) is 0 Å². The Bertz CT molecular complexity index is 1470. The first-order valence-electron chi connectivity index (χ1n) is 12.3. The Balaban J connectivity index is 1.54. The van der Waals surface area contributed by atoms with Crippen LogP contribution in [-0.2, 0) is 20.0 Å². The number of rotatable bonds is 6. The van der Waals surface area contributed by atoms with Gasteiger partial charge in [-0.25, -0.2) is 4.57 Å². The maximum Gasteiger partial charge on any atom is 0.213 e. The topological polar surface area (TPSA) is 7.76 Å². The van der Waals surface area contributed by atoms with E-state index in [0.717, 1.165) is 13.0 Å². The largest absolute Gasteiger partial charge is 0.213 e. The number of aryl methyl sites for hydroxylation is 5. The van der Waals surface area contributed by atoms with Crippen LogP contribution in [0.1, 0.15) is 16.7 Å². The third kappa shape index (κ3) is 4.93. The molecule has 0 radical (unpaired) electrons. The molecule has 2 aromatic heterocycles. The first kappa shape index (κ1) is 22.7. The second-order valence-electron chi connectivity index (χ2n) is 9.28. The molecule has 35 heavy (non-hydrogen) atoms. The van der Waals surface area contributed by atoms with Gasteiger partial charge in [-0.05, 0) is 54.3 Å². The molecule has 5 rings (SSSR count). The maximum atomic E-state index is 2.41. The average Bonchev–Trinajstić information content (AvgIpc) is 2.89. The lowest BCUT2D eigenvalue weighted by molar-refractivity contribution is -0.685. The van der Waals surface area contributed by atoms with Crippen molar-refractivity contribution in [2.75, 3.05) is 0 Å². The zero-order valence-corrected chi connectivity index (χ0v) is 20.8. The molecule has 0 fully saturated rings. The minimum Gasteiger partial charge on any atom is -0.201 e. The molecule has 0 saturated heterocycles. The predicted molar refractivity (Wildman–Crippen MR) is 144 cm³/mol. The number of nitrogens with zero attached hydrogens (tertiary/aromatic N) is 2. The highest BCUT2D eigenvalue weighted by atomic mass is 15.0. The molecule has 0 aliphatic heterocycles. The predicted octanol–water partition coefficient (Wildman–Crippen LogP) is 6.66. The summed E-state index contributed by atoms with van der Waals surface area (Å²) < 4.78 is 4.60. The number of pyridine rings is 2. The van der Waals surface area contributed by atoms with E-state index < -0.39 is 0 Å². The van der Waals surface area contributed by atoms with Gasteiger partial charge < -0.3 is 0 Å². The van der Waals surface area contributed by atoms with Crippen molar-refractivity contribution in [2.24, 2.45) is 7.05 Å². The molecule has 2 heteroatoms. The summed E-state index contributed by atoms with van der Waals surface area (Å²) in [5.41, 5.74) is 11.5. The van der Waals surface area contributed by atoms with Crippen molar-refractivity contribution in [1.82, 2.24) is 0 Å². The van der Waals surface area contributed by atoms with Crippen LogP contribution in [0, 0.1) is 13.8 Å². The van der Waals surface area contributed by atoms with Gasteiger partial charge in [0, 0.05) is 41.8 Å². The zero-order chi connectivity index (χ0) is 24.2. The number of aromatic nitrogens is 2. The van der Waals surface area contributed by atoms with E-state index in [1.54, 1.807) is 0 Å². The van der Waals surface area contributed by atoms with Crippen molar-refractivity contribution in [3.05, 3.63) is 132 Å². The lowest BCUT2D eigenvalue weighted by atomic mass is 9.98. The van der Waals surface area contributed by atoms with Crippen molar-refractivity contribution in [3.8, 4) is 33.6 Å². The van der Waals surface area contributed by atoms with Crippen LogP contribution in [0.15, 0.2) is 116 Å². The molecule has 2 heterocycles. The van der Waals surface area contributed by atoms with Crippen molar-refractivity contribution in [2.45, 2.75) is 26.8 Å². The first-order chi connectivity index (χ1) is 17.1. The molecule has 0 aliphatic rings. The van der Waals surface area contributed by atoms with Gasteiger partial charge in [0.2, 0.25) is 11.4 Å². The molecule has 5 aromatic rings. The quantitative estimate of drug-likeness (QED) is 0.252. The third-order valence-electron chi connectivity index (χ3n) is 6.77. The van der Waals surface area contributed by atoms with Gasteiger partial charge in [-0.3, -0.25) is 0 Å².